The molecular formula is C24H24N2O5. The van der Waals surface area contributed by atoms with E-state index in [2.05, 4.69) is 22.0 Å². The number of benzene rings is 1. The predicted molar refractivity (Wildman–Crippen MR) is 114 cm³/mol. The molecule has 0 amide bonds. The van der Waals surface area contributed by atoms with Gasteiger partial charge in [-0.15, -0.1) is 0 Å². The van der Waals surface area contributed by atoms with Crippen LogP contribution in [0.5, 0.6) is 5.75 Å². The fourth-order valence-electron chi connectivity index (χ4n) is 3.99. The zero-order valence-corrected chi connectivity index (χ0v) is 17.3. The van der Waals surface area contributed by atoms with Crippen molar-refractivity contribution < 1.29 is 19.1 Å². The van der Waals surface area contributed by atoms with Gasteiger partial charge in [0.05, 0.1) is 26.0 Å². The Kier molecular flexibility index (Phi) is 6.13. The van der Waals surface area contributed by atoms with Gasteiger partial charge in [0.25, 0.3) is 0 Å². The highest BCUT2D eigenvalue weighted by Gasteiger charge is 2.27. The van der Waals surface area contributed by atoms with E-state index in [4.69, 9.17) is 9.15 Å². The summed E-state index contributed by atoms with van der Waals surface area (Å²) in [6, 6.07) is 13.1. The lowest BCUT2D eigenvalue weighted by Gasteiger charge is -2.28. The van der Waals surface area contributed by atoms with E-state index in [0.29, 0.717) is 17.9 Å². The molecule has 4 rings (SSSR count). The van der Waals surface area contributed by atoms with Gasteiger partial charge in [0.1, 0.15) is 5.76 Å². The molecule has 3 heterocycles. The van der Waals surface area contributed by atoms with Crippen LogP contribution in [0.1, 0.15) is 40.5 Å². The molecule has 0 fully saturated rings. The first-order valence-electron chi connectivity index (χ1n) is 10.2. The Balaban J connectivity index is 1.65. The molecule has 0 aliphatic carbocycles. The third-order valence-corrected chi connectivity index (χ3v) is 5.61. The summed E-state index contributed by atoms with van der Waals surface area (Å²) in [6.07, 6.45) is 4.03. The van der Waals surface area contributed by atoms with Crippen LogP contribution in [0.25, 0.3) is 0 Å². The molecule has 2 aromatic heterocycles. The minimum Gasteiger partial charge on any atom is -0.502 e. The summed E-state index contributed by atoms with van der Waals surface area (Å²) in [4.78, 5) is 30.8. The van der Waals surface area contributed by atoms with Crippen molar-refractivity contribution in [3.8, 4) is 5.75 Å². The Hall–Kier alpha value is -3.45. The maximum absolute atomic E-state index is 12.5. The first-order valence-corrected chi connectivity index (χ1v) is 10.2. The van der Waals surface area contributed by atoms with Crippen LogP contribution in [-0.2, 0) is 29.0 Å². The zero-order chi connectivity index (χ0) is 21.8. The fourth-order valence-corrected chi connectivity index (χ4v) is 3.99. The van der Waals surface area contributed by atoms with Crippen LogP contribution in [0.2, 0.25) is 0 Å². The number of ether oxygens (including phenoxy) is 1. The molecular weight excluding hydrogens is 396 g/mol. The Bertz CT molecular complexity index is 1130. The molecule has 0 radical (unpaired) electrons. The van der Waals surface area contributed by atoms with Gasteiger partial charge in [0.15, 0.2) is 5.76 Å². The minimum absolute atomic E-state index is 0.0662. The number of fused-ring (bicyclic) bond motifs is 1. The largest absolute Gasteiger partial charge is 0.502 e. The molecule has 7 heteroatoms. The monoisotopic (exact) mass is 420 g/mol. The molecule has 1 aromatic carbocycles. The summed E-state index contributed by atoms with van der Waals surface area (Å²) in [7, 11) is 1.30. The third-order valence-electron chi connectivity index (χ3n) is 5.61. The predicted octanol–water partition coefficient (Wildman–Crippen LogP) is 2.99. The normalized spacial score (nSPS) is 14.6. The first kappa shape index (κ1) is 20.8. The summed E-state index contributed by atoms with van der Waals surface area (Å²) in [5.41, 5.74) is 2.76. The van der Waals surface area contributed by atoms with E-state index >= 15 is 0 Å². The second-order valence-electron chi connectivity index (χ2n) is 7.63. The zero-order valence-electron chi connectivity index (χ0n) is 17.3. The topological polar surface area (TPSA) is 92.9 Å². The summed E-state index contributed by atoms with van der Waals surface area (Å²) in [5.74, 6) is -1.11. The van der Waals surface area contributed by atoms with Crippen molar-refractivity contribution in [1.29, 1.82) is 0 Å². The maximum atomic E-state index is 12.5. The van der Waals surface area contributed by atoms with Crippen LogP contribution in [0.4, 0.5) is 0 Å². The van der Waals surface area contributed by atoms with Crippen molar-refractivity contribution in [3.05, 3.63) is 93.3 Å². The molecule has 1 aliphatic rings. The van der Waals surface area contributed by atoms with Gasteiger partial charge in [0.2, 0.25) is 11.2 Å². The Morgan fingerprint density at radius 1 is 1.23 bits per heavy atom. The number of pyridine rings is 1. The van der Waals surface area contributed by atoms with Gasteiger partial charge < -0.3 is 14.3 Å². The van der Waals surface area contributed by atoms with Crippen LogP contribution in [0.15, 0.2) is 64.1 Å². The highest BCUT2D eigenvalue weighted by atomic mass is 16.5. The van der Waals surface area contributed by atoms with Crippen LogP contribution >= 0.6 is 0 Å². The maximum Gasteiger partial charge on any atom is 0.306 e. The fraction of sp³-hybridized carbons (Fsp3) is 0.292. The number of nitrogens with zero attached hydrogens (tertiary/aromatic N) is 2. The van der Waals surface area contributed by atoms with Crippen LogP contribution in [0.3, 0.4) is 0 Å². The van der Waals surface area contributed by atoms with Gasteiger partial charge in [-0.1, -0.05) is 24.3 Å². The van der Waals surface area contributed by atoms with Gasteiger partial charge in [-0.2, -0.15) is 0 Å². The lowest BCUT2D eigenvalue weighted by molar-refractivity contribution is -0.140. The van der Waals surface area contributed by atoms with Crippen LogP contribution in [-0.4, -0.2) is 34.6 Å². The van der Waals surface area contributed by atoms with E-state index in [1.807, 2.05) is 12.1 Å². The number of hydrogen-bond donors (Lipinski definition) is 1. The summed E-state index contributed by atoms with van der Waals surface area (Å²) in [5, 5.41) is 10.5. The SMILES string of the molecule is COC(=O)C[C@@H](c1ccncc1)c1oc(CN2CCc3ccccc3C2)cc(=O)c1O. The van der Waals surface area contributed by atoms with Crippen molar-refractivity contribution >= 4 is 5.97 Å². The van der Waals surface area contributed by atoms with E-state index in [-0.39, 0.29) is 12.2 Å². The quantitative estimate of drug-likeness (QED) is 0.613. The van der Waals surface area contributed by atoms with Crippen molar-refractivity contribution in [1.82, 2.24) is 9.88 Å². The van der Waals surface area contributed by atoms with E-state index < -0.39 is 23.1 Å². The average Bonchev–Trinajstić information content (AvgIpc) is 2.80. The second-order valence-corrected chi connectivity index (χ2v) is 7.63. The van der Waals surface area contributed by atoms with Crippen molar-refractivity contribution in [3.63, 3.8) is 0 Å². The highest BCUT2D eigenvalue weighted by Crippen LogP contribution is 2.33. The van der Waals surface area contributed by atoms with E-state index in [1.165, 1.54) is 24.3 Å². The number of aromatic hydroxyl groups is 1. The molecule has 1 aliphatic heterocycles. The number of methoxy groups -OCH3 is 1. The van der Waals surface area contributed by atoms with Gasteiger partial charge in [0, 0.05) is 31.5 Å². The lowest BCUT2D eigenvalue weighted by Crippen LogP contribution is -2.30. The smallest absolute Gasteiger partial charge is 0.306 e. The molecule has 7 nitrogen and oxygen atoms in total. The second kappa shape index (κ2) is 9.14. The Morgan fingerprint density at radius 2 is 1.97 bits per heavy atom. The third kappa shape index (κ3) is 4.67. The number of carbonyl (C=O) groups excluding carboxylic acids is 1. The number of rotatable bonds is 6. The number of carbonyl (C=O) groups is 1. The summed E-state index contributed by atoms with van der Waals surface area (Å²) in [6.45, 7) is 2.02. The molecule has 0 spiro atoms. The van der Waals surface area contributed by atoms with Crippen LogP contribution in [0, 0.1) is 0 Å². The lowest BCUT2D eigenvalue weighted by atomic mass is 9.93. The molecule has 0 saturated heterocycles. The molecule has 0 bridgehead atoms. The minimum atomic E-state index is -0.662. The molecule has 1 N–H and O–H groups in total. The Morgan fingerprint density at radius 3 is 2.71 bits per heavy atom. The number of esters is 1. The molecule has 160 valence electrons. The van der Waals surface area contributed by atoms with Crippen LogP contribution < -0.4 is 5.43 Å². The summed E-state index contributed by atoms with van der Waals surface area (Å²) >= 11 is 0. The van der Waals surface area contributed by atoms with Gasteiger partial charge in [-0.3, -0.25) is 19.5 Å². The van der Waals surface area contributed by atoms with Crippen molar-refractivity contribution in [2.45, 2.75) is 31.8 Å². The van der Waals surface area contributed by atoms with Gasteiger partial charge in [-0.25, -0.2) is 0 Å². The van der Waals surface area contributed by atoms with E-state index in [0.717, 1.165) is 19.5 Å². The number of hydrogen-bond acceptors (Lipinski definition) is 7. The number of aromatic nitrogens is 1. The van der Waals surface area contributed by atoms with E-state index in [1.54, 1.807) is 24.5 Å². The van der Waals surface area contributed by atoms with Gasteiger partial charge in [-0.05, 0) is 35.2 Å². The van der Waals surface area contributed by atoms with Crippen molar-refractivity contribution in [2.24, 2.45) is 0 Å². The Labute approximate surface area is 179 Å². The first-order chi connectivity index (χ1) is 15.0. The van der Waals surface area contributed by atoms with E-state index in [9.17, 15) is 14.7 Å². The highest BCUT2D eigenvalue weighted by molar-refractivity contribution is 5.71. The summed E-state index contributed by atoms with van der Waals surface area (Å²) < 4.78 is 10.8. The van der Waals surface area contributed by atoms with Crippen molar-refractivity contribution in [2.75, 3.05) is 13.7 Å². The molecule has 3 aromatic rings. The van der Waals surface area contributed by atoms with Gasteiger partial charge >= 0.3 is 5.97 Å². The molecule has 0 unspecified atom stereocenters. The molecule has 31 heavy (non-hydrogen) atoms. The molecule has 0 saturated carbocycles. The molecule has 1 atom stereocenters. The average molecular weight is 420 g/mol. The standard InChI is InChI=1S/C24H24N2O5/c1-30-22(28)13-20(17-6-9-25-10-7-17)24-23(29)21(27)12-19(31-24)15-26-11-8-16-4-2-3-5-18(16)14-26/h2-7,9-10,12,20,29H,8,11,13-15H2,1H3/t20-/m0/s1.